The van der Waals surface area contributed by atoms with Crippen molar-refractivity contribution in [1.82, 2.24) is 0 Å². The van der Waals surface area contributed by atoms with Crippen LogP contribution in [0.1, 0.15) is 24.2 Å². The van der Waals surface area contributed by atoms with Gasteiger partial charge in [-0.05, 0) is 23.4 Å². The Kier molecular flexibility index (Phi) is 5.15. The first-order valence-electron chi connectivity index (χ1n) is 5.34. The molecular formula is C12H14FNO3S. The van der Waals surface area contributed by atoms with Crippen molar-refractivity contribution >= 4 is 29.3 Å². The van der Waals surface area contributed by atoms with Crippen LogP contribution in [0.4, 0.5) is 10.1 Å². The maximum atomic E-state index is 13.0. The van der Waals surface area contributed by atoms with Gasteiger partial charge in [0.1, 0.15) is 5.82 Å². The van der Waals surface area contributed by atoms with E-state index in [0.29, 0.717) is 5.25 Å². The molecule has 0 spiro atoms. The second-order valence-corrected chi connectivity index (χ2v) is 5.47. The van der Waals surface area contributed by atoms with Gasteiger partial charge in [-0.25, -0.2) is 9.18 Å². The molecule has 1 rings (SSSR count). The zero-order chi connectivity index (χ0) is 13.7. The Balaban J connectivity index is 2.79. The van der Waals surface area contributed by atoms with Gasteiger partial charge in [0.05, 0.1) is 17.0 Å². The van der Waals surface area contributed by atoms with Gasteiger partial charge in [0.25, 0.3) is 0 Å². The topological polar surface area (TPSA) is 66.4 Å². The van der Waals surface area contributed by atoms with E-state index in [9.17, 15) is 14.0 Å². The molecular weight excluding hydrogens is 257 g/mol. The first-order chi connectivity index (χ1) is 8.40. The molecule has 0 aliphatic carbocycles. The summed E-state index contributed by atoms with van der Waals surface area (Å²) in [4.78, 5) is 22.5. The summed E-state index contributed by atoms with van der Waals surface area (Å²) in [6.45, 7) is 3.89. The predicted octanol–water partition coefficient (Wildman–Crippen LogP) is 2.60. The molecule has 0 aliphatic rings. The molecule has 1 amide bonds. The van der Waals surface area contributed by atoms with Crippen LogP contribution >= 0.6 is 11.8 Å². The number of amides is 1. The molecule has 0 saturated carbocycles. The van der Waals surface area contributed by atoms with Crippen molar-refractivity contribution < 1.29 is 19.1 Å². The second-order valence-electron chi connectivity index (χ2n) is 3.90. The number of rotatable bonds is 5. The van der Waals surface area contributed by atoms with Crippen LogP contribution in [0.3, 0.4) is 0 Å². The lowest BCUT2D eigenvalue weighted by Gasteiger charge is -2.09. The third kappa shape index (κ3) is 4.37. The summed E-state index contributed by atoms with van der Waals surface area (Å²) >= 11 is 1.42. The van der Waals surface area contributed by atoms with E-state index in [1.807, 2.05) is 13.8 Å². The average molecular weight is 271 g/mol. The number of carboxylic acid groups (broad SMARTS) is 1. The van der Waals surface area contributed by atoms with Gasteiger partial charge in [-0.2, -0.15) is 0 Å². The van der Waals surface area contributed by atoms with Crippen LogP contribution in [-0.2, 0) is 4.79 Å². The number of benzene rings is 1. The van der Waals surface area contributed by atoms with E-state index in [1.165, 1.54) is 11.8 Å². The van der Waals surface area contributed by atoms with E-state index in [0.717, 1.165) is 18.2 Å². The van der Waals surface area contributed by atoms with E-state index in [2.05, 4.69) is 5.32 Å². The van der Waals surface area contributed by atoms with Gasteiger partial charge >= 0.3 is 5.97 Å². The van der Waals surface area contributed by atoms with Crippen molar-refractivity contribution in [2.45, 2.75) is 19.1 Å². The highest BCUT2D eigenvalue weighted by atomic mass is 32.2. The summed E-state index contributed by atoms with van der Waals surface area (Å²) in [5, 5.41) is 11.6. The summed E-state index contributed by atoms with van der Waals surface area (Å²) in [7, 11) is 0. The van der Waals surface area contributed by atoms with Crippen molar-refractivity contribution in [1.29, 1.82) is 0 Å². The third-order valence-corrected chi connectivity index (χ3v) is 3.13. The molecule has 0 bridgehead atoms. The lowest BCUT2D eigenvalue weighted by molar-refractivity contribution is -0.113. The maximum Gasteiger partial charge on any atom is 0.337 e. The second kappa shape index (κ2) is 6.39. The summed E-state index contributed by atoms with van der Waals surface area (Å²) in [6.07, 6.45) is 0. The molecule has 0 aliphatic heterocycles. The van der Waals surface area contributed by atoms with Gasteiger partial charge in [-0.15, -0.1) is 11.8 Å². The average Bonchev–Trinajstić information content (AvgIpc) is 2.26. The van der Waals surface area contributed by atoms with Gasteiger partial charge in [0.2, 0.25) is 5.91 Å². The Morgan fingerprint density at radius 2 is 2.11 bits per heavy atom. The van der Waals surface area contributed by atoms with E-state index < -0.39 is 11.8 Å². The number of anilines is 1. The van der Waals surface area contributed by atoms with E-state index in [4.69, 9.17) is 5.11 Å². The first-order valence-corrected chi connectivity index (χ1v) is 6.39. The number of carbonyl (C=O) groups is 2. The standard InChI is InChI=1S/C12H14FNO3S/c1-7(2)18-6-11(15)14-10-5-8(13)3-4-9(10)12(16)17/h3-5,7H,6H2,1-2H3,(H,14,15)(H,16,17). The molecule has 18 heavy (non-hydrogen) atoms. The molecule has 0 heterocycles. The lowest BCUT2D eigenvalue weighted by atomic mass is 10.1. The number of aromatic carboxylic acids is 1. The molecule has 0 saturated heterocycles. The van der Waals surface area contributed by atoms with E-state index in [-0.39, 0.29) is 22.9 Å². The SMILES string of the molecule is CC(C)SCC(=O)Nc1cc(F)ccc1C(=O)O. The fourth-order valence-corrected chi connectivity index (χ4v) is 1.79. The van der Waals surface area contributed by atoms with Gasteiger partial charge in [0.15, 0.2) is 0 Å². The number of carboxylic acids is 1. The Hall–Kier alpha value is -1.56. The smallest absolute Gasteiger partial charge is 0.337 e. The normalized spacial score (nSPS) is 10.4. The Labute approximate surface area is 109 Å². The number of hydrogen-bond donors (Lipinski definition) is 2. The number of halogens is 1. The van der Waals surface area contributed by atoms with Crippen LogP contribution in [-0.4, -0.2) is 28.0 Å². The molecule has 0 fully saturated rings. The maximum absolute atomic E-state index is 13.0. The molecule has 0 unspecified atom stereocenters. The number of thioether (sulfide) groups is 1. The largest absolute Gasteiger partial charge is 0.478 e. The number of nitrogens with one attached hydrogen (secondary N) is 1. The minimum Gasteiger partial charge on any atom is -0.478 e. The number of hydrogen-bond acceptors (Lipinski definition) is 3. The van der Waals surface area contributed by atoms with Crippen LogP contribution < -0.4 is 5.32 Å². The fourth-order valence-electron chi connectivity index (χ4n) is 1.24. The van der Waals surface area contributed by atoms with Gasteiger partial charge < -0.3 is 10.4 Å². The highest BCUT2D eigenvalue weighted by Gasteiger charge is 2.13. The molecule has 0 atom stereocenters. The van der Waals surface area contributed by atoms with Crippen LogP contribution in [0.15, 0.2) is 18.2 Å². The van der Waals surface area contributed by atoms with Crippen LogP contribution in [0.2, 0.25) is 0 Å². The fraction of sp³-hybridized carbons (Fsp3) is 0.333. The zero-order valence-electron chi connectivity index (χ0n) is 10.1. The molecule has 1 aromatic rings. The Bertz CT molecular complexity index is 463. The molecule has 98 valence electrons. The van der Waals surface area contributed by atoms with Gasteiger partial charge in [-0.1, -0.05) is 13.8 Å². The first kappa shape index (κ1) is 14.5. The number of carbonyl (C=O) groups excluding carboxylic acids is 1. The van der Waals surface area contributed by atoms with Crippen LogP contribution in [0.25, 0.3) is 0 Å². The van der Waals surface area contributed by atoms with Crippen molar-refractivity contribution in [2.75, 3.05) is 11.1 Å². The van der Waals surface area contributed by atoms with Gasteiger partial charge in [-0.3, -0.25) is 4.79 Å². The summed E-state index contributed by atoms with van der Waals surface area (Å²) in [5.41, 5.74) is -0.142. The van der Waals surface area contributed by atoms with Crippen molar-refractivity contribution in [3.63, 3.8) is 0 Å². The predicted molar refractivity (Wildman–Crippen MR) is 69.6 cm³/mol. The molecule has 0 aromatic heterocycles. The quantitative estimate of drug-likeness (QED) is 0.864. The summed E-state index contributed by atoms with van der Waals surface area (Å²) in [6, 6.07) is 3.17. The third-order valence-electron chi connectivity index (χ3n) is 2.03. The van der Waals surface area contributed by atoms with E-state index in [1.54, 1.807) is 0 Å². The molecule has 1 aromatic carbocycles. The van der Waals surface area contributed by atoms with Crippen molar-refractivity contribution in [3.8, 4) is 0 Å². The lowest BCUT2D eigenvalue weighted by Crippen LogP contribution is -2.17. The highest BCUT2D eigenvalue weighted by Crippen LogP contribution is 2.18. The summed E-state index contributed by atoms with van der Waals surface area (Å²) < 4.78 is 13.0. The summed E-state index contributed by atoms with van der Waals surface area (Å²) in [5.74, 6) is -1.94. The zero-order valence-corrected chi connectivity index (χ0v) is 10.9. The highest BCUT2D eigenvalue weighted by molar-refractivity contribution is 8.00. The van der Waals surface area contributed by atoms with Crippen LogP contribution in [0, 0.1) is 5.82 Å². The minimum atomic E-state index is -1.21. The Morgan fingerprint density at radius 3 is 2.67 bits per heavy atom. The molecule has 6 heteroatoms. The Morgan fingerprint density at radius 1 is 1.44 bits per heavy atom. The van der Waals surface area contributed by atoms with Crippen LogP contribution in [0.5, 0.6) is 0 Å². The molecule has 0 radical (unpaired) electrons. The molecule has 2 N–H and O–H groups in total. The molecule has 4 nitrogen and oxygen atoms in total. The van der Waals surface area contributed by atoms with E-state index >= 15 is 0 Å². The van der Waals surface area contributed by atoms with Gasteiger partial charge in [0, 0.05) is 0 Å². The van der Waals surface area contributed by atoms with Crippen molar-refractivity contribution in [3.05, 3.63) is 29.6 Å². The minimum absolute atomic E-state index is 0.0168. The monoisotopic (exact) mass is 271 g/mol. The van der Waals surface area contributed by atoms with Crippen molar-refractivity contribution in [2.24, 2.45) is 0 Å².